The number of hydrogen-bond acceptors (Lipinski definition) is 5. The van der Waals surface area contributed by atoms with E-state index >= 15 is 0 Å². The molecule has 1 aromatic carbocycles. The van der Waals surface area contributed by atoms with Gasteiger partial charge in [0.1, 0.15) is 5.60 Å². The Labute approximate surface area is 122 Å². The van der Waals surface area contributed by atoms with Gasteiger partial charge in [0.15, 0.2) is 11.5 Å². The van der Waals surface area contributed by atoms with Gasteiger partial charge >= 0.3 is 11.8 Å². The molecule has 0 spiro atoms. The van der Waals surface area contributed by atoms with Gasteiger partial charge in [0.05, 0.1) is 6.54 Å². The van der Waals surface area contributed by atoms with Crippen LogP contribution in [0.15, 0.2) is 18.2 Å². The van der Waals surface area contributed by atoms with Crippen LogP contribution < -0.4 is 20.1 Å². The Hall–Kier alpha value is -2.28. The third-order valence-electron chi connectivity index (χ3n) is 3.13. The van der Waals surface area contributed by atoms with E-state index in [2.05, 4.69) is 10.6 Å². The van der Waals surface area contributed by atoms with E-state index in [9.17, 15) is 14.7 Å². The van der Waals surface area contributed by atoms with E-state index < -0.39 is 17.4 Å². The Bertz CT molecular complexity index is 556. The maximum atomic E-state index is 11.5. The standard InChI is InChI=1S/C14H18N2O5/c1-3-15-12(17)13(18)16-7-14(2,19)9-4-5-10-11(6-9)21-8-20-10/h4-6,19H,3,7-8H2,1-2H3,(H,15,17)(H,16,18). The van der Waals surface area contributed by atoms with Crippen molar-refractivity contribution >= 4 is 11.8 Å². The Morgan fingerprint density at radius 1 is 1.24 bits per heavy atom. The fourth-order valence-corrected chi connectivity index (χ4v) is 1.91. The van der Waals surface area contributed by atoms with Crippen LogP contribution in [0.5, 0.6) is 11.5 Å². The van der Waals surface area contributed by atoms with E-state index in [4.69, 9.17) is 9.47 Å². The van der Waals surface area contributed by atoms with Gasteiger partial charge in [-0.2, -0.15) is 0 Å². The van der Waals surface area contributed by atoms with Gasteiger partial charge in [0, 0.05) is 6.54 Å². The summed E-state index contributed by atoms with van der Waals surface area (Å²) in [5, 5.41) is 15.2. The second-order valence-corrected chi connectivity index (χ2v) is 4.88. The van der Waals surface area contributed by atoms with E-state index in [-0.39, 0.29) is 13.3 Å². The number of benzene rings is 1. The third-order valence-corrected chi connectivity index (χ3v) is 3.13. The molecule has 0 aromatic heterocycles. The Morgan fingerprint density at radius 2 is 1.90 bits per heavy atom. The van der Waals surface area contributed by atoms with Crippen molar-refractivity contribution in [1.82, 2.24) is 10.6 Å². The zero-order valence-corrected chi connectivity index (χ0v) is 11.9. The zero-order valence-electron chi connectivity index (χ0n) is 11.9. The lowest BCUT2D eigenvalue weighted by atomic mass is 9.95. The highest BCUT2D eigenvalue weighted by Gasteiger charge is 2.27. The summed E-state index contributed by atoms with van der Waals surface area (Å²) >= 11 is 0. The van der Waals surface area contributed by atoms with Crippen LogP contribution in [0.1, 0.15) is 19.4 Å². The van der Waals surface area contributed by atoms with Crippen LogP contribution in [0, 0.1) is 0 Å². The molecule has 0 aliphatic carbocycles. The minimum absolute atomic E-state index is 0.0946. The van der Waals surface area contributed by atoms with Crippen molar-refractivity contribution in [3.8, 4) is 11.5 Å². The van der Waals surface area contributed by atoms with Crippen molar-refractivity contribution in [2.45, 2.75) is 19.4 Å². The predicted molar refractivity (Wildman–Crippen MR) is 73.8 cm³/mol. The van der Waals surface area contributed by atoms with Crippen molar-refractivity contribution < 1.29 is 24.2 Å². The number of hydrogen-bond donors (Lipinski definition) is 3. The maximum Gasteiger partial charge on any atom is 0.309 e. The van der Waals surface area contributed by atoms with Crippen LogP contribution in [-0.2, 0) is 15.2 Å². The minimum Gasteiger partial charge on any atom is -0.454 e. The number of likely N-dealkylation sites (N-methyl/N-ethyl adjacent to an activating group) is 1. The fraction of sp³-hybridized carbons (Fsp3) is 0.429. The quantitative estimate of drug-likeness (QED) is 0.672. The topological polar surface area (TPSA) is 96.9 Å². The summed E-state index contributed by atoms with van der Waals surface area (Å²) in [6, 6.07) is 5.03. The van der Waals surface area contributed by atoms with Crippen molar-refractivity contribution in [3.05, 3.63) is 23.8 Å². The second-order valence-electron chi connectivity index (χ2n) is 4.88. The summed E-state index contributed by atoms with van der Waals surface area (Å²) in [6.07, 6.45) is 0. The molecule has 114 valence electrons. The normalized spacial score (nSPS) is 15.2. The summed E-state index contributed by atoms with van der Waals surface area (Å²) in [7, 11) is 0. The highest BCUT2D eigenvalue weighted by molar-refractivity contribution is 6.35. The highest BCUT2D eigenvalue weighted by atomic mass is 16.7. The average Bonchev–Trinajstić information content (AvgIpc) is 2.92. The number of carbonyl (C=O) groups is 2. The van der Waals surface area contributed by atoms with Crippen LogP contribution in [0.2, 0.25) is 0 Å². The van der Waals surface area contributed by atoms with E-state index in [0.717, 1.165) is 0 Å². The SMILES string of the molecule is CCNC(=O)C(=O)NCC(C)(O)c1ccc2c(c1)OCO2. The molecule has 1 aromatic rings. The van der Waals surface area contributed by atoms with E-state index in [1.807, 2.05) is 0 Å². The number of aliphatic hydroxyl groups is 1. The Morgan fingerprint density at radius 3 is 2.62 bits per heavy atom. The molecule has 0 saturated carbocycles. The molecule has 1 atom stereocenters. The Balaban J connectivity index is 2.01. The van der Waals surface area contributed by atoms with Crippen LogP contribution in [0.3, 0.4) is 0 Å². The van der Waals surface area contributed by atoms with Crippen LogP contribution in [0.25, 0.3) is 0 Å². The van der Waals surface area contributed by atoms with Gasteiger partial charge in [0.25, 0.3) is 0 Å². The van der Waals surface area contributed by atoms with Gasteiger partial charge < -0.3 is 25.2 Å². The molecule has 1 aliphatic rings. The largest absolute Gasteiger partial charge is 0.454 e. The first kappa shape index (κ1) is 15.1. The van der Waals surface area contributed by atoms with Gasteiger partial charge in [-0.1, -0.05) is 6.07 Å². The second kappa shape index (κ2) is 6.01. The minimum atomic E-state index is -1.33. The number of nitrogens with one attached hydrogen (secondary N) is 2. The molecule has 0 bridgehead atoms. The molecular formula is C14H18N2O5. The van der Waals surface area contributed by atoms with Crippen LogP contribution >= 0.6 is 0 Å². The lowest BCUT2D eigenvalue weighted by Gasteiger charge is -2.24. The van der Waals surface area contributed by atoms with E-state index in [0.29, 0.717) is 23.6 Å². The molecule has 0 saturated heterocycles. The van der Waals surface area contributed by atoms with Crippen molar-refractivity contribution in [1.29, 1.82) is 0 Å². The first-order chi connectivity index (χ1) is 9.94. The number of carbonyl (C=O) groups excluding carboxylic acids is 2. The van der Waals surface area contributed by atoms with Crippen LogP contribution in [0.4, 0.5) is 0 Å². The summed E-state index contributed by atoms with van der Waals surface area (Å²) in [6.45, 7) is 3.68. The zero-order chi connectivity index (χ0) is 15.5. The molecule has 7 heteroatoms. The summed E-state index contributed by atoms with van der Waals surface area (Å²) in [4.78, 5) is 22.8. The summed E-state index contributed by atoms with van der Waals surface area (Å²) in [5.74, 6) is -0.347. The molecule has 7 nitrogen and oxygen atoms in total. The summed E-state index contributed by atoms with van der Waals surface area (Å²) < 4.78 is 10.4. The van der Waals surface area contributed by atoms with Gasteiger partial charge in [-0.25, -0.2) is 0 Å². The predicted octanol–water partition coefficient (Wildman–Crippen LogP) is -0.125. The van der Waals surface area contributed by atoms with E-state index in [1.165, 1.54) is 0 Å². The first-order valence-corrected chi connectivity index (χ1v) is 6.62. The van der Waals surface area contributed by atoms with Gasteiger partial charge in [-0.3, -0.25) is 9.59 Å². The highest BCUT2D eigenvalue weighted by Crippen LogP contribution is 2.35. The Kier molecular flexibility index (Phi) is 4.32. The van der Waals surface area contributed by atoms with Gasteiger partial charge in [-0.15, -0.1) is 0 Å². The molecule has 2 amide bonds. The number of rotatable bonds is 4. The third kappa shape index (κ3) is 3.43. The number of amides is 2. The van der Waals surface area contributed by atoms with Gasteiger partial charge in [-0.05, 0) is 31.5 Å². The monoisotopic (exact) mass is 294 g/mol. The molecule has 0 fully saturated rings. The molecule has 1 heterocycles. The maximum absolute atomic E-state index is 11.5. The first-order valence-electron chi connectivity index (χ1n) is 6.62. The molecule has 1 unspecified atom stereocenters. The molecule has 0 radical (unpaired) electrons. The van der Waals surface area contributed by atoms with Crippen molar-refractivity contribution in [2.75, 3.05) is 19.9 Å². The molecule has 1 aliphatic heterocycles. The van der Waals surface area contributed by atoms with Crippen molar-refractivity contribution in [2.24, 2.45) is 0 Å². The lowest BCUT2D eigenvalue weighted by molar-refractivity contribution is -0.139. The smallest absolute Gasteiger partial charge is 0.309 e. The summed E-state index contributed by atoms with van der Waals surface area (Å²) in [5.41, 5.74) is -0.772. The number of fused-ring (bicyclic) bond motifs is 1. The van der Waals surface area contributed by atoms with Gasteiger partial charge in [0.2, 0.25) is 6.79 Å². The molecule has 21 heavy (non-hydrogen) atoms. The molecule has 3 N–H and O–H groups in total. The van der Waals surface area contributed by atoms with Crippen LogP contribution in [-0.4, -0.2) is 36.8 Å². The molecular weight excluding hydrogens is 276 g/mol. The van der Waals surface area contributed by atoms with E-state index in [1.54, 1.807) is 32.0 Å². The number of ether oxygens (including phenoxy) is 2. The average molecular weight is 294 g/mol. The fourth-order valence-electron chi connectivity index (χ4n) is 1.91. The molecule has 2 rings (SSSR count). The van der Waals surface area contributed by atoms with Crippen molar-refractivity contribution in [3.63, 3.8) is 0 Å². The lowest BCUT2D eigenvalue weighted by Crippen LogP contribution is -2.45.